The monoisotopic (exact) mass is 544 g/mol. The van der Waals surface area contributed by atoms with Gasteiger partial charge in [0.05, 0.1) is 6.04 Å². The highest BCUT2D eigenvalue weighted by Gasteiger charge is 2.44. The molecule has 5 nitrogen and oxygen atoms in total. The van der Waals surface area contributed by atoms with E-state index in [1.165, 1.54) is 16.7 Å². The van der Waals surface area contributed by atoms with Gasteiger partial charge < -0.3 is 15.1 Å². The number of hydrogen-bond acceptors (Lipinski definition) is 4. The largest absolute Gasteiger partial charge is 0.341 e. The van der Waals surface area contributed by atoms with E-state index in [1.807, 2.05) is 30.3 Å². The number of nitrogens with zero attached hydrogens (tertiary/aromatic N) is 3. The summed E-state index contributed by atoms with van der Waals surface area (Å²) in [6.45, 7) is 5.14. The van der Waals surface area contributed by atoms with Crippen LogP contribution in [0.3, 0.4) is 0 Å². The Morgan fingerprint density at radius 1 is 0.949 bits per heavy atom. The lowest BCUT2D eigenvalue weighted by Crippen LogP contribution is -2.58. The van der Waals surface area contributed by atoms with E-state index in [2.05, 4.69) is 82.6 Å². The maximum atomic E-state index is 13.9. The number of piperidine rings is 1. The van der Waals surface area contributed by atoms with E-state index < -0.39 is 0 Å². The molecule has 2 aliphatic heterocycles. The third-order valence-electron chi connectivity index (χ3n) is 8.70. The van der Waals surface area contributed by atoms with Crippen LogP contribution in [0.4, 0.5) is 0 Å². The van der Waals surface area contributed by atoms with Crippen LogP contribution in [-0.4, -0.2) is 73.5 Å². The quantitative estimate of drug-likeness (QED) is 0.412. The Morgan fingerprint density at radius 2 is 1.64 bits per heavy atom. The molecule has 0 aromatic heterocycles. The molecular weight excluding hydrogens is 504 g/mol. The molecular formula is C33H41ClN4O. The molecule has 3 aromatic rings. The lowest BCUT2D eigenvalue weighted by Gasteiger charge is -2.51. The molecule has 206 valence electrons. The summed E-state index contributed by atoms with van der Waals surface area (Å²) in [6.07, 6.45) is 3.70. The van der Waals surface area contributed by atoms with Crippen LogP contribution in [0, 0.1) is 0 Å². The van der Waals surface area contributed by atoms with Gasteiger partial charge in [0, 0.05) is 49.8 Å². The highest BCUT2D eigenvalue weighted by molar-refractivity contribution is 6.30. The molecule has 2 heterocycles. The van der Waals surface area contributed by atoms with Crippen molar-refractivity contribution < 1.29 is 4.79 Å². The van der Waals surface area contributed by atoms with Crippen molar-refractivity contribution in [3.05, 3.63) is 106 Å². The fourth-order valence-corrected chi connectivity index (χ4v) is 6.50. The third kappa shape index (κ3) is 6.55. The van der Waals surface area contributed by atoms with E-state index in [-0.39, 0.29) is 17.5 Å². The summed E-state index contributed by atoms with van der Waals surface area (Å²) in [6, 6.07) is 27.0. The molecule has 1 atom stereocenters. The van der Waals surface area contributed by atoms with Crippen molar-refractivity contribution in [3.63, 3.8) is 0 Å². The Kier molecular flexibility index (Phi) is 9.03. The second-order valence-electron chi connectivity index (χ2n) is 11.2. The minimum Gasteiger partial charge on any atom is -0.341 e. The highest BCUT2D eigenvalue weighted by Crippen LogP contribution is 2.42. The Labute approximate surface area is 238 Å². The minimum absolute atomic E-state index is 0.0326. The molecule has 0 radical (unpaired) electrons. The van der Waals surface area contributed by atoms with Gasteiger partial charge in [-0.1, -0.05) is 78.3 Å². The van der Waals surface area contributed by atoms with Crippen molar-refractivity contribution in [3.8, 4) is 0 Å². The average Bonchev–Trinajstić information content (AvgIpc) is 2.96. The van der Waals surface area contributed by atoms with Gasteiger partial charge in [0.2, 0.25) is 5.91 Å². The standard InChI is InChI=1S/C33H41ClN4O/c1-36(25-27-8-4-3-5-9-27)23-19-35-31(24-26-12-14-29(34)15-13-26)32(39)38-21-17-33(18-22-38)30-11-7-6-10-28(30)16-20-37(33)2/h3-15,31,35H,16-25H2,1-2H3/t31-/m1/s1. The SMILES string of the molecule is CN(CCN[C@H](Cc1ccc(Cl)cc1)C(=O)N1CCC2(CC1)c1ccccc1CCN2C)Cc1ccccc1. The summed E-state index contributed by atoms with van der Waals surface area (Å²) in [5.41, 5.74) is 5.38. The van der Waals surface area contributed by atoms with Gasteiger partial charge >= 0.3 is 0 Å². The van der Waals surface area contributed by atoms with Gasteiger partial charge in [-0.2, -0.15) is 0 Å². The number of carbonyl (C=O) groups is 1. The average molecular weight is 545 g/mol. The van der Waals surface area contributed by atoms with Crippen LogP contribution >= 0.6 is 11.6 Å². The first-order valence-corrected chi connectivity index (χ1v) is 14.6. The molecule has 0 unspecified atom stereocenters. The van der Waals surface area contributed by atoms with E-state index in [4.69, 9.17) is 11.6 Å². The first-order chi connectivity index (χ1) is 18.9. The van der Waals surface area contributed by atoms with Crippen molar-refractivity contribution in [2.45, 2.75) is 43.8 Å². The van der Waals surface area contributed by atoms with Crippen molar-refractivity contribution in [1.82, 2.24) is 20.0 Å². The predicted octanol–water partition coefficient (Wildman–Crippen LogP) is 4.98. The van der Waals surface area contributed by atoms with Gasteiger partial charge in [0.25, 0.3) is 0 Å². The topological polar surface area (TPSA) is 38.8 Å². The summed E-state index contributed by atoms with van der Waals surface area (Å²) < 4.78 is 0. The molecule has 5 rings (SSSR count). The Morgan fingerprint density at radius 3 is 2.38 bits per heavy atom. The molecule has 0 aliphatic carbocycles. The summed E-state index contributed by atoms with van der Waals surface area (Å²) >= 11 is 6.14. The van der Waals surface area contributed by atoms with E-state index >= 15 is 0 Å². The molecule has 1 fully saturated rings. The molecule has 0 saturated carbocycles. The fraction of sp³-hybridized carbons (Fsp3) is 0.424. The summed E-state index contributed by atoms with van der Waals surface area (Å²) in [5.74, 6) is 0.206. The number of rotatable bonds is 9. The molecule has 1 saturated heterocycles. The van der Waals surface area contributed by atoms with Gasteiger partial charge in [0.15, 0.2) is 0 Å². The van der Waals surface area contributed by atoms with Crippen LogP contribution in [0.2, 0.25) is 5.02 Å². The lowest BCUT2D eigenvalue weighted by molar-refractivity contribution is -0.136. The Bertz CT molecular complexity index is 1220. The van der Waals surface area contributed by atoms with Gasteiger partial charge in [0.1, 0.15) is 0 Å². The number of amides is 1. The predicted molar refractivity (Wildman–Crippen MR) is 160 cm³/mol. The van der Waals surface area contributed by atoms with Crippen LogP contribution in [0.15, 0.2) is 78.9 Å². The Hall–Kier alpha value is -2.70. The van der Waals surface area contributed by atoms with E-state index in [9.17, 15) is 4.79 Å². The maximum absolute atomic E-state index is 13.9. The van der Waals surface area contributed by atoms with Crippen molar-refractivity contribution in [1.29, 1.82) is 0 Å². The Balaban J connectivity index is 1.24. The number of likely N-dealkylation sites (N-methyl/N-ethyl adjacent to an activating group) is 2. The van der Waals surface area contributed by atoms with Crippen molar-refractivity contribution >= 4 is 17.5 Å². The summed E-state index contributed by atoms with van der Waals surface area (Å²) in [4.78, 5) is 20.9. The van der Waals surface area contributed by atoms with Crippen molar-refractivity contribution in [2.75, 3.05) is 46.8 Å². The van der Waals surface area contributed by atoms with Crippen LogP contribution in [0.25, 0.3) is 0 Å². The highest BCUT2D eigenvalue weighted by atomic mass is 35.5. The molecule has 6 heteroatoms. The van der Waals surface area contributed by atoms with Crippen LogP contribution in [0.1, 0.15) is 35.1 Å². The van der Waals surface area contributed by atoms with Crippen molar-refractivity contribution in [2.24, 2.45) is 0 Å². The lowest BCUT2D eigenvalue weighted by atomic mass is 9.74. The normalized spacial score (nSPS) is 17.8. The van der Waals surface area contributed by atoms with Crippen LogP contribution in [0.5, 0.6) is 0 Å². The van der Waals surface area contributed by atoms with Crippen LogP contribution < -0.4 is 5.32 Å². The summed E-state index contributed by atoms with van der Waals surface area (Å²) in [7, 11) is 4.39. The first-order valence-electron chi connectivity index (χ1n) is 14.2. The fourth-order valence-electron chi connectivity index (χ4n) is 6.38. The first kappa shape index (κ1) is 27.9. The summed E-state index contributed by atoms with van der Waals surface area (Å²) in [5, 5.41) is 4.33. The van der Waals surface area contributed by atoms with E-state index in [0.717, 1.165) is 69.1 Å². The number of halogens is 1. The minimum atomic E-state index is -0.262. The number of likely N-dealkylation sites (tertiary alicyclic amines) is 1. The zero-order valence-electron chi connectivity index (χ0n) is 23.3. The number of nitrogens with one attached hydrogen (secondary N) is 1. The molecule has 1 amide bonds. The maximum Gasteiger partial charge on any atom is 0.240 e. The number of carbonyl (C=O) groups excluding carboxylic acids is 1. The molecule has 39 heavy (non-hydrogen) atoms. The van der Waals surface area contributed by atoms with E-state index in [0.29, 0.717) is 6.42 Å². The van der Waals surface area contributed by atoms with Crippen LogP contribution in [-0.2, 0) is 29.7 Å². The van der Waals surface area contributed by atoms with Gasteiger partial charge in [-0.15, -0.1) is 0 Å². The third-order valence-corrected chi connectivity index (χ3v) is 8.95. The molecule has 2 aliphatic rings. The zero-order valence-corrected chi connectivity index (χ0v) is 24.0. The molecule has 1 spiro atoms. The van der Waals surface area contributed by atoms with Gasteiger partial charge in [-0.25, -0.2) is 0 Å². The number of fused-ring (bicyclic) bond motifs is 2. The second-order valence-corrected chi connectivity index (χ2v) is 11.7. The van der Waals surface area contributed by atoms with Gasteiger partial charge in [-0.3, -0.25) is 9.69 Å². The molecule has 0 bridgehead atoms. The molecule has 1 N–H and O–H groups in total. The smallest absolute Gasteiger partial charge is 0.240 e. The number of hydrogen-bond donors (Lipinski definition) is 1. The van der Waals surface area contributed by atoms with E-state index in [1.54, 1.807) is 0 Å². The zero-order chi connectivity index (χ0) is 27.2. The second kappa shape index (κ2) is 12.6. The molecule has 3 aromatic carbocycles. The van der Waals surface area contributed by atoms with Gasteiger partial charge in [-0.05, 0) is 74.2 Å². The number of benzene rings is 3.